The zero-order valence-corrected chi connectivity index (χ0v) is 15.3. The first-order chi connectivity index (χ1) is 12.5. The van der Waals surface area contributed by atoms with Crippen molar-refractivity contribution in [3.63, 3.8) is 0 Å². The molecule has 0 aliphatic heterocycles. The molecule has 0 unspecified atom stereocenters. The first kappa shape index (κ1) is 20.6. The first-order valence-corrected chi connectivity index (χ1v) is 9.46. The Labute approximate surface area is 154 Å². The van der Waals surface area contributed by atoms with E-state index in [-0.39, 0.29) is 11.4 Å². The number of nitrogens with one attached hydrogen (secondary N) is 1. The number of ether oxygens (including phenoxy) is 1. The van der Waals surface area contributed by atoms with E-state index in [1.165, 1.54) is 43.4 Å². The fourth-order valence-corrected chi connectivity index (χ4v) is 2.62. The molecule has 0 radical (unpaired) electrons. The molecule has 10 heteroatoms. The Balaban J connectivity index is 1.99. The first-order valence-electron chi connectivity index (χ1n) is 7.61. The minimum absolute atomic E-state index is 0.264. The number of nitrogens with zero attached hydrogens (tertiary/aromatic N) is 1. The second-order valence-corrected chi connectivity index (χ2v) is 7.62. The molecule has 0 spiro atoms. The highest BCUT2D eigenvalue weighted by atomic mass is 32.2. The van der Waals surface area contributed by atoms with Crippen molar-refractivity contribution >= 4 is 27.3 Å². The molecule has 27 heavy (non-hydrogen) atoms. The summed E-state index contributed by atoms with van der Waals surface area (Å²) < 4.78 is 67.9. The summed E-state index contributed by atoms with van der Waals surface area (Å²) in [7, 11) is -2.02. The molecule has 6 nitrogen and oxygen atoms in total. The second-order valence-electron chi connectivity index (χ2n) is 5.60. The van der Waals surface area contributed by atoms with Crippen LogP contribution >= 0.6 is 0 Å². The molecule has 2 aromatic carbocycles. The maximum absolute atomic E-state index is 12.9. The highest BCUT2D eigenvalue weighted by Crippen LogP contribution is 2.34. The van der Waals surface area contributed by atoms with Crippen LogP contribution in [0.4, 0.5) is 24.5 Å². The van der Waals surface area contributed by atoms with Crippen molar-refractivity contribution in [1.82, 2.24) is 0 Å². The van der Waals surface area contributed by atoms with Crippen molar-refractivity contribution < 1.29 is 31.1 Å². The predicted octanol–water partition coefficient (Wildman–Crippen LogP) is 3.12. The number of hydrogen-bond acceptors (Lipinski definition) is 4. The molecule has 1 amide bonds. The Kier molecular flexibility index (Phi) is 5.99. The summed E-state index contributed by atoms with van der Waals surface area (Å²) >= 11 is 0. The van der Waals surface area contributed by atoms with Gasteiger partial charge in [0, 0.05) is 7.05 Å². The zero-order valence-electron chi connectivity index (χ0n) is 14.4. The molecule has 2 aromatic rings. The van der Waals surface area contributed by atoms with Gasteiger partial charge in [0.05, 0.1) is 23.2 Å². The van der Waals surface area contributed by atoms with Gasteiger partial charge in [0.2, 0.25) is 10.0 Å². The maximum atomic E-state index is 12.9. The Morgan fingerprint density at radius 1 is 1.11 bits per heavy atom. The van der Waals surface area contributed by atoms with Crippen LogP contribution in [0.3, 0.4) is 0 Å². The van der Waals surface area contributed by atoms with Gasteiger partial charge in [0.1, 0.15) is 5.75 Å². The summed E-state index contributed by atoms with van der Waals surface area (Å²) in [5, 5.41) is 2.17. The van der Waals surface area contributed by atoms with E-state index >= 15 is 0 Å². The topological polar surface area (TPSA) is 75.7 Å². The third kappa shape index (κ3) is 5.61. The molecule has 0 aliphatic rings. The molecule has 2 rings (SSSR count). The summed E-state index contributed by atoms with van der Waals surface area (Å²) in [6, 6.07) is 10.5. The molecule has 0 aliphatic carbocycles. The van der Waals surface area contributed by atoms with E-state index in [4.69, 9.17) is 4.74 Å². The predicted molar refractivity (Wildman–Crippen MR) is 95.3 cm³/mol. The molecule has 146 valence electrons. The van der Waals surface area contributed by atoms with Crippen molar-refractivity contribution in [1.29, 1.82) is 0 Å². The van der Waals surface area contributed by atoms with Gasteiger partial charge < -0.3 is 10.1 Å². The fraction of sp³-hybridized carbons (Fsp3) is 0.235. The largest absolute Gasteiger partial charge is 0.484 e. The highest BCUT2D eigenvalue weighted by molar-refractivity contribution is 7.92. The van der Waals surface area contributed by atoms with Gasteiger partial charge in [0.15, 0.2) is 6.61 Å². The Bertz CT molecular complexity index is 913. The Hall–Kier alpha value is -2.75. The van der Waals surface area contributed by atoms with Gasteiger partial charge in [-0.3, -0.25) is 9.10 Å². The third-order valence-electron chi connectivity index (χ3n) is 3.57. The zero-order chi connectivity index (χ0) is 20.2. The quantitative estimate of drug-likeness (QED) is 0.806. The lowest BCUT2D eigenvalue weighted by Crippen LogP contribution is -2.24. The number of halogens is 3. The molecule has 0 aromatic heterocycles. The van der Waals surface area contributed by atoms with E-state index in [0.29, 0.717) is 5.69 Å². The molecule has 0 saturated heterocycles. The Morgan fingerprint density at radius 3 is 2.26 bits per heavy atom. The average Bonchev–Trinajstić information content (AvgIpc) is 2.58. The van der Waals surface area contributed by atoms with Crippen LogP contribution in [-0.4, -0.2) is 34.2 Å². The van der Waals surface area contributed by atoms with Crippen molar-refractivity contribution in [3.8, 4) is 5.75 Å². The van der Waals surface area contributed by atoms with E-state index in [1.54, 1.807) is 0 Å². The van der Waals surface area contributed by atoms with Crippen LogP contribution in [0.2, 0.25) is 0 Å². The number of para-hydroxylation sites is 1. The number of hydrogen-bond donors (Lipinski definition) is 1. The van der Waals surface area contributed by atoms with Gasteiger partial charge in [0.25, 0.3) is 5.91 Å². The van der Waals surface area contributed by atoms with Crippen LogP contribution in [0.25, 0.3) is 0 Å². The van der Waals surface area contributed by atoms with Crippen LogP contribution < -0.4 is 14.4 Å². The molecule has 0 atom stereocenters. The number of carbonyl (C=O) groups is 1. The lowest BCUT2D eigenvalue weighted by atomic mass is 10.1. The van der Waals surface area contributed by atoms with Crippen molar-refractivity contribution in [3.05, 3.63) is 54.1 Å². The van der Waals surface area contributed by atoms with Gasteiger partial charge in [-0.05, 0) is 36.4 Å². The van der Waals surface area contributed by atoms with Crippen molar-refractivity contribution in [2.24, 2.45) is 0 Å². The minimum Gasteiger partial charge on any atom is -0.484 e. The number of rotatable bonds is 6. The third-order valence-corrected chi connectivity index (χ3v) is 4.78. The van der Waals surface area contributed by atoms with Crippen LogP contribution in [0.1, 0.15) is 5.56 Å². The maximum Gasteiger partial charge on any atom is 0.418 e. The standard InChI is InChI=1S/C17H17F3N2O4S/c1-22(27(2,24)25)12-7-9-13(10-8-12)26-11-16(23)21-15-6-4-3-5-14(15)17(18,19)20/h3-10H,11H2,1-2H3,(H,21,23). The molecule has 0 bridgehead atoms. The monoisotopic (exact) mass is 402 g/mol. The average molecular weight is 402 g/mol. The number of alkyl halides is 3. The smallest absolute Gasteiger partial charge is 0.418 e. The van der Waals surface area contributed by atoms with Gasteiger partial charge in [-0.2, -0.15) is 13.2 Å². The van der Waals surface area contributed by atoms with Gasteiger partial charge in [-0.25, -0.2) is 8.42 Å². The lowest BCUT2D eigenvalue weighted by Gasteiger charge is -2.17. The van der Waals surface area contributed by atoms with E-state index in [9.17, 15) is 26.4 Å². The SMILES string of the molecule is CN(c1ccc(OCC(=O)Nc2ccccc2C(F)(F)F)cc1)S(C)(=O)=O. The van der Waals surface area contributed by atoms with E-state index in [1.807, 2.05) is 0 Å². The van der Waals surface area contributed by atoms with Crippen LogP contribution in [-0.2, 0) is 21.0 Å². The number of amides is 1. The van der Waals surface area contributed by atoms with E-state index in [2.05, 4.69) is 5.32 Å². The van der Waals surface area contributed by atoms with Gasteiger partial charge in [-0.1, -0.05) is 12.1 Å². The number of anilines is 2. The highest BCUT2D eigenvalue weighted by Gasteiger charge is 2.33. The normalized spacial score (nSPS) is 11.7. The second kappa shape index (κ2) is 7.87. The molecular weight excluding hydrogens is 385 g/mol. The molecule has 0 heterocycles. The summed E-state index contributed by atoms with van der Waals surface area (Å²) in [6.07, 6.45) is -3.53. The summed E-state index contributed by atoms with van der Waals surface area (Å²) in [5.41, 5.74) is -0.913. The number of benzene rings is 2. The molecule has 0 fully saturated rings. The van der Waals surface area contributed by atoms with Crippen molar-refractivity contribution in [2.75, 3.05) is 29.5 Å². The molecular formula is C17H17F3N2O4S. The van der Waals surface area contributed by atoms with Crippen molar-refractivity contribution in [2.45, 2.75) is 6.18 Å². The lowest BCUT2D eigenvalue weighted by molar-refractivity contribution is -0.137. The van der Waals surface area contributed by atoms with Crippen LogP contribution in [0.5, 0.6) is 5.75 Å². The van der Waals surface area contributed by atoms with E-state index in [0.717, 1.165) is 22.7 Å². The summed E-state index contributed by atoms with van der Waals surface area (Å²) in [6.45, 7) is -0.506. The van der Waals surface area contributed by atoms with Crippen LogP contribution in [0, 0.1) is 0 Å². The van der Waals surface area contributed by atoms with Gasteiger partial charge >= 0.3 is 6.18 Å². The summed E-state index contributed by atoms with van der Waals surface area (Å²) in [4.78, 5) is 11.9. The number of sulfonamides is 1. The molecule has 0 saturated carbocycles. The minimum atomic E-state index is -4.59. The summed E-state index contributed by atoms with van der Waals surface area (Å²) in [5.74, 6) is -0.496. The van der Waals surface area contributed by atoms with Crippen LogP contribution in [0.15, 0.2) is 48.5 Å². The van der Waals surface area contributed by atoms with E-state index < -0.39 is 34.3 Å². The molecule has 1 N–H and O–H groups in total. The van der Waals surface area contributed by atoms with Gasteiger partial charge in [-0.15, -0.1) is 0 Å². The number of carbonyl (C=O) groups excluding carboxylic acids is 1. The fourth-order valence-electron chi connectivity index (χ4n) is 2.12. The Morgan fingerprint density at radius 2 is 1.70 bits per heavy atom.